The maximum Gasteiger partial charge on any atom is 0.338 e. The van der Waals surface area contributed by atoms with Gasteiger partial charge in [-0.2, -0.15) is 0 Å². The Kier molecular flexibility index (Phi) is 5.57. The van der Waals surface area contributed by atoms with Crippen LogP contribution in [0.15, 0.2) is 30.3 Å². The van der Waals surface area contributed by atoms with Gasteiger partial charge in [0.05, 0.1) is 17.8 Å². The molecule has 2 aliphatic rings. The van der Waals surface area contributed by atoms with Crippen LogP contribution in [0.3, 0.4) is 0 Å². The molecule has 0 radical (unpaired) electrons. The predicted octanol–water partition coefficient (Wildman–Crippen LogP) is 3.51. The molecule has 0 aromatic heterocycles. The Morgan fingerprint density at radius 2 is 1.92 bits per heavy atom. The molecule has 4 nitrogen and oxygen atoms in total. The van der Waals surface area contributed by atoms with Crippen LogP contribution in [-0.4, -0.2) is 48.8 Å². The van der Waals surface area contributed by atoms with Crippen LogP contribution < -0.4 is 0 Å². The van der Waals surface area contributed by atoms with E-state index in [0.29, 0.717) is 12.2 Å². The van der Waals surface area contributed by atoms with Crippen molar-refractivity contribution in [3.8, 4) is 0 Å². The summed E-state index contributed by atoms with van der Waals surface area (Å²) < 4.78 is 11.9. The average molecular weight is 331 g/mol. The van der Waals surface area contributed by atoms with Crippen molar-refractivity contribution in [3.05, 3.63) is 35.9 Å². The standard InChI is InChI=1S/C20H29NO3/c1-20(2)13-18(24-19(22)16-9-5-3-6-10-16)17(15-23-20)14-21-11-7-4-8-12-21/h3,5-6,9-10,17-18H,4,7-8,11-15H2,1-2H3. The molecule has 0 saturated carbocycles. The molecule has 4 heteroatoms. The van der Waals surface area contributed by atoms with Gasteiger partial charge in [0, 0.05) is 18.9 Å². The number of carbonyl (C=O) groups excluding carboxylic acids is 1. The third kappa shape index (κ3) is 4.58. The Hall–Kier alpha value is -1.39. The van der Waals surface area contributed by atoms with E-state index in [0.717, 1.165) is 26.1 Å². The summed E-state index contributed by atoms with van der Waals surface area (Å²) in [4.78, 5) is 15.0. The summed E-state index contributed by atoms with van der Waals surface area (Å²) in [6.07, 6.45) is 4.55. The van der Waals surface area contributed by atoms with Crippen molar-refractivity contribution >= 4 is 5.97 Å². The Labute approximate surface area is 145 Å². The normalized spacial score (nSPS) is 27.6. The van der Waals surface area contributed by atoms with Crippen LogP contribution in [0.1, 0.15) is 49.9 Å². The van der Waals surface area contributed by atoms with Crippen molar-refractivity contribution in [1.82, 2.24) is 4.90 Å². The van der Waals surface area contributed by atoms with Gasteiger partial charge in [0.2, 0.25) is 0 Å². The van der Waals surface area contributed by atoms with Crippen LogP contribution in [0, 0.1) is 5.92 Å². The van der Waals surface area contributed by atoms with Crippen molar-refractivity contribution in [2.45, 2.75) is 51.2 Å². The summed E-state index contributed by atoms with van der Waals surface area (Å²) in [7, 11) is 0. The van der Waals surface area contributed by atoms with E-state index in [2.05, 4.69) is 18.7 Å². The Balaban J connectivity index is 1.66. The lowest BCUT2D eigenvalue weighted by Gasteiger charge is -2.42. The topological polar surface area (TPSA) is 38.8 Å². The van der Waals surface area contributed by atoms with E-state index in [-0.39, 0.29) is 23.6 Å². The van der Waals surface area contributed by atoms with Gasteiger partial charge in [0.25, 0.3) is 0 Å². The molecule has 3 rings (SSSR count). The molecule has 2 heterocycles. The number of benzene rings is 1. The van der Waals surface area contributed by atoms with E-state index in [9.17, 15) is 4.79 Å². The molecule has 0 N–H and O–H groups in total. The maximum atomic E-state index is 12.5. The van der Waals surface area contributed by atoms with Gasteiger partial charge in [0.15, 0.2) is 0 Å². The number of rotatable bonds is 4. The molecular formula is C20H29NO3. The Morgan fingerprint density at radius 3 is 2.62 bits per heavy atom. The molecule has 0 bridgehead atoms. The molecule has 2 fully saturated rings. The van der Waals surface area contributed by atoms with Gasteiger partial charge >= 0.3 is 5.97 Å². The molecular weight excluding hydrogens is 302 g/mol. The first-order chi connectivity index (χ1) is 11.5. The third-order valence-electron chi connectivity index (χ3n) is 5.12. The van der Waals surface area contributed by atoms with E-state index < -0.39 is 0 Å². The number of ether oxygens (including phenoxy) is 2. The zero-order valence-corrected chi connectivity index (χ0v) is 14.9. The zero-order valence-electron chi connectivity index (χ0n) is 14.9. The second-order valence-electron chi connectivity index (χ2n) is 7.71. The summed E-state index contributed by atoms with van der Waals surface area (Å²) in [5.41, 5.74) is 0.388. The molecule has 132 valence electrons. The number of nitrogens with zero attached hydrogens (tertiary/aromatic N) is 1. The lowest BCUT2D eigenvalue weighted by Crippen LogP contribution is -2.49. The van der Waals surface area contributed by atoms with Crippen LogP contribution in [-0.2, 0) is 9.47 Å². The summed E-state index contributed by atoms with van der Waals surface area (Å²) in [6, 6.07) is 9.28. The molecule has 1 aromatic rings. The number of carbonyl (C=O) groups is 1. The first-order valence-electron chi connectivity index (χ1n) is 9.16. The van der Waals surface area contributed by atoms with E-state index in [1.807, 2.05) is 30.3 Å². The van der Waals surface area contributed by atoms with Crippen LogP contribution in [0.4, 0.5) is 0 Å². The predicted molar refractivity (Wildman–Crippen MR) is 94.1 cm³/mol. The van der Waals surface area contributed by atoms with Gasteiger partial charge in [-0.25, -0.2) is 4.79 Å². The second-order valence-corrected chi connectivity index (χ2v) is 7.71. The van der Waals surface area contributed by atoms with E-state index >= 15 is 0 Å². The molecule has 2 atom stereocenters. The Morgan fingerprint density at radius 1 is 1.21 bits per heavy atom. The molecule has 0 amide bonds. The fourth-order valence-corrected chi connectivity index (χ4v) is 3.71. The van der Waals surface area contributed by atoms with Crippen LogP contribution in [0.2, 0.25) is 0 Å². The highest BCUT2D eigenvalue weighted by Crippen LogP contribution is 2.31. The molecule has 2 aliphatic heterocycles. The number of esters is 1. The van der Waals surface area contributed by atoms with E-state index in [1.165, 1.54) is 19.3 Å². The number of hydrogen-bond donors (Lipinski definition) is 0. The quantitative estimate of drug-likeness (QED) is 0.792. The first kappa shape index (κ1) is 17.4. The fourth-order valence-electron chi connectivity index (χ4n) is 3.71. The smallest absolute Gasteiger partial charge is 0.338 e. The fraction of sp³-hybridized carbons (Fsp3) is 0.650. The largest absolute Gasteiger partial charge is 0.458 e. The minimum absolute atomic E-state index is 0.0802. The van der Waals surface area contributed by atoms with Crippen LogP contribution in [0.5, 0.6) is 0 Å². The molecule has 2 unspecified atom stereocenters. The number of piperidine rings is 1. The summed E-state index contributed by atoms with van der Waals surface area (Å²) in [6.45, 7) is 8.08. The highest BCUT2D eigenvalue weighted by atomic mass is 16.6. The van der Waals surface area contributed by atoms with Crippen LogP contribution in [0.25, 0.3) is 0 Å². The highest BCUT2D eigenvalue weighted by molar-refractivity contribution is 5.89. The minimum Gasteiger partial charge on any atom is -0.458 e. The number of likely N-dealkylation sites (tertiary alicyclic amines) is 1. The number of hydrogen-bond acceptors (Lipinski definition) is 4. The van der Waals surface area contributed by atoms with Crippen molar-refractivity contribution in [2.75, 3.05) is 26.2 Å². The molecule has 2 saturated heterocycles. The Bertz CT molecular complexity index is 537. The monoisotopic (exact) mass is 331 g/mol. The first-order valence-corrected chi connectivity index (χ1v) is 9.16. The summed E-state index contributed by atoms with van der Waals surface area (Å²) in [5.74, 6) is 0.0331. The van der Waals surface area contributed by atoms with Gasteiger partial charge in [-0.1, -0.05) is 24.6 Å². The summed E-state index contributed by atoms with van der Waals surface area (Å²) in [5, 5.41) is 0. The second kappa shape index (κ2) is 7.66. The van der Waals surface area contributed by atoms with Crippen molar-refractivity contribution < 1.29 is 14.3 Å². The van der Waals surface area contributed by atoms with Gasteiger partial charge in [-0.05, 0) is 51.9 Å². The van der Waals surface area contributed by atoms with Crippen molar-refractivity contribution in [2.24, 2.45) is 5.92 Å². The van der Waals surface area contributed by atoms with Crippen molar-refractivity contribution in [1.29, 1.82) is 0 Å². The zero-order chi connectivity index (χ0) is 17.0. The van der Waals surface area contributed by atoms with Gasteiger partial charge in [-0.3, -0.25) is 0 Å². The summed E-state index contributed by atoms with van der Waals surface area (Å²) >= 11 is 0. The molecule has 24 heavy (non-hydrogen) atoms. The maximum absolute atomic E-state index is 12.5. The molecule has 0 spiro atoms. The SMILES string of the molecule is CC1(C)CC(OC(=O)c2ccccc2)C(CN2CCCCC2)CO1. The van der Waals surface area contributed by atoms with Gasteiger partial charge in [0.1, 0.15) is 6.10 Å². The van der Waals surface area contributed by atoms with Crippen molar-refractivity contribution in [3.63, 3.8) is 0 Å². The minimum atomic E-state index is -0.236. The highest BCUT2D eigenvalue weighted by Gasteiger charge is 2.39. The average Bonchev–Trinajstić information content (AvgIpc) is 2.59. The lowest BCUT2D eigenvalue weighted by atomic mass is 9.87. The lowest BCUT2D eigenvalue weighted by molar-refractivity contribution is -0.137. The molecule has 0 aliphatic carbocycles. The van der Waals surface area contributed by atoms with E-state index in [4.69, 9.17) is 9.47 Å². The van der Waals surface area contributed by atoms with Crippen LogP contribution >= 0.6 is 0 Å². The van der Waals surface area contributed by atoms with Gasteiger partial charge in [-0.15, -0.1) is 0 Å². The van der Waals surface area contributed by atoms with Gasteiger partial charge < -0.3 is 14.4 Å². The van der Waals surface area contributed by atoms with E-state index in [1.54, 1.807) is 0 Å². The third-order valence-corrected chi connectivity index (χ3v) is 5.12. The molecule has 1 aromatic carbocycles.